The number of carbonyl (C=O) groups excluding carboxylic acids is 2. The third-order valence-corrected chi connectivity index (χ3v) is 4.88. The maximum atomic E-state index is 12.7. The van der Waals surface area contributed by atoms with Gasteiger partial charge in [-0.2, -0.15) is 4.98 Å². The van der Waals surface area contributed by atoms with Crippen LogP contribution in [0.2, 0.25) is 0 Å². The van der Waals surface area contributed by atoms with Crippen molar-refractivity contribution in [2.75, 3.05) is 4.90 Å². The number of imide groups is 1. The van der Waals surface area contributed by atoms with E-state index in [0.29, 0.717) is 34.1 Å². The molecule has 1 aromatic heterocycles. The largest absolute Gasteiger partial charge is 0.334 e. The predicted molar refractivity (Wildman–Crippen MR) is 107 cm³/mol. The first kappa shape index (κ1) is 17.1. The van der Waals surface area contributed by atoms with Gasteiger partial charge in [0.05, 0.1) is 16.8 Å². The molecule has 6 heteroatoms. The van der Waals surface area contributed by atoms with Gasteiger partial charge in [-0.15, -0.1) is 0 Å². The average molecular weight is 381 g/mol. The topological polar surface area (TPSA) is 76.3 Å². The van der Waals surface area contributed by atoms with Crippen molar-refractivity contribution in [3.05, 3.63) is 89.5 Å². The molecule has 29 heavy (non-hydrogen) atoms. The lowest BCUT2D eigenvalue weighted by Crippen LogP contribution is -2.29. The third-order valence-electron chi connectivity index (χ3n) is 4.88. The molecule has 0 radical (unpaired) electrons. The van der Waals surface area contributed by atoms with Crippen LogP contribution in [0.25, 0.3) is 22.8 Å². The monoisotopic (exact) mass is 381 g/mol. The molecule has 0 bridgehead atoms. The van der Waals surface area contributed by atoms with Crippen LogP contribution in [0.1, 0.15) is 26.3 Å². The fraction of sp³-hybridized carbons (Fsp3) is 0.0435. The second-order valence-corrected chi connectivity index (χ2v) is 6.83. The van der Waals surface area contributed by atoms with Crippen molar-refractivity contribution in [2.24, 2.45) is 0 Å². The Kier molecular flexibility index (Phi) is 3.84. The first-order chi connectivity index (χ1) is 14.1. The summed E-state index contributed by atoms with van der Waals surface area (Å²) in [6.07, 6.45) is 0. The van der Waals surface area contributed by atoms with Gasteiger partial charge >= 0.3 is 0 Å². The fourth-order valence-corrected chi connectivity index (χ4v) is 3.36. The number of hydrogen-bond acceptors (Lipinski definition) is 5. The molecule has 0 aliphatic carbocycles. The van der Waals surface area contributed by atoms with E-state index in [1.807, 2.05) is 31.2 Å². The zero-order valence-corrected chi connectivity index (χ0v) is 15.5. The molecule has 4 aromatic rings. The van der Waals surface area contributed by atoms with Crippen LogP contribution >= 0.6 is 0 Å². The Labute approximate surface area is 166 Å². The van der Waals surface area contributed by atoms with E-state index in [1.165, 1.54) is 4.90 Å². The Bertz CT molecular complexity index is 1220. The highest BCUT2D eigenvalue weighted by atomic mass is 16.5. The molecule has 0 fully saturated rings. The molecule has 0 saturated heterocycles. The lowest BCUT2D eigenvalue weighted by molar-refractivity contribution is 0.0926. The molecule has 0 atom stereocenters. The minimum atomic E-state index is -0.339. The number of fused-ring (bicyclic) bond motifs is 1. The van der Waals surface area contributed by atoms with Gasteiger partial charge in [-0.05, 0) is 37.3 Å². The summed E-state index contributed by atoms with van der Waals surface area (Å²) in [4.78, 5) is 31.1. The molecule has 5 rings (SSSR count). The van der Waals surface area contributed by atoms with Gasteiger partial charge in [0.15, 0.2) is 0 Å². The summed E-state index contributed by atoms with van der Waals surface area (Å²) in [5, 5.41) is 4.05. The predicted octanol–water partition coefficient (Wildman–Crippen LogP) is 4.51. The molecule has 6 nitrogen and oxygen atoms in total. The van der Waals surface area contributed by atoms with Crippen molar-refractivity contribution in [3.8, 4) is 22.8 Å². The number of rotatable bonds is 3. The number of amides is 2. The molecule has 140 valence electrons. The minimum Gasteiger partial charge on any atom is -0.334 e. The van der Waals surface area contributed by atoms with E-state index in [2.05, 4.69) is 10.1 Å². The molecule has 0 spiro atoms. The summed E-state index contributed by atoms with van der Waals surface area (Å²) in [7, 11) is 0. The molecule has 0 unspecified atom stereocenters. The maximum absolute atomic E-state index is 12.7. The molecule has 1 aliphatic heterocycles. The molecule has 0 saturated carbocycles. The van der Waals surface area contributed by atoms with Gasteiger partial charge in [0.1, 0.15) is 0 Å². The van der Waals surface area contributed by atoms with E-state index in [-0.39, 0.29) is 11.8 Å². The van der Waals surface area contributed by atoms with Crippen molar-refractivity contribution in [2.45, 2.75) is 6.92 Å². The van der Waals surface area contributed by atoms with Crippen molar-refractivity contribution < 1.29 is 14.1 Å². The Morgan fingerprint density at radius 3 is 2.17 bits per heavy atom. The highest BCUT2D eigenvalue weighted by molar-refractivity contribution is 6.34. The van der Waals surface area contributed by atoms with Gasteiger partial charge in [-0.3, -0.25) is 9.59 Å². The number of benzene rings is 3. The number of aryl methyl sites for hydroxylation is 1. The van der Waals surface area contributed by atoms with Crippen LogP contribution in [0.5, 0.6) is 0 Å². The highest BCUT2D eigenvalue weighted by Gasteiger charge is 2.36. The van der Waals surface area contributed by atoms with Crippen molar-refractivity contribution in [3.63, 3.8) is 0 Å². The van der Waals surface area contributed by atoms with Crippen LogP contribution in [0.15, 0.2) is 77.3 Å². The zero-order valence-electron chi connectivity index (χ0n) is 15.5. The first-order valence-electron chi connectivity index (χ1n) is 9.11. The van der Waals surface area contributed by atoms with E-state index in [9.17, 15) is 9.59 Å². The highest BCUT2D eigenvalue weighted by Crippen LogP contribution is 2.31. The average Bonchev–Trinajstić information content (AvgIpc) is 3.33. The van der Waals surface area contributed by atoms with Crippen molar-refractivity contribution in [1.29, 1.82) is 0 Å². The second kappa shape index (κ2) is 6.53. The minimum absolute atomic E-state index is 0.319. The fourth-order valence-electron chi connectivity index (χ4n) is 3.36. The smallest absolute Gasteiger partial charge is 0.266 e. The number of hydrogen-bond donors (Lipinski definition) is 0. The Balaban J connectivity index is 1.49. The van der Waals surface area contributed by atoms with Crippen LogP contribution in [-0.2, 0) is 0 Å². The van der Waals surface area contributed by atoms with E-state index in [4.69, 9.17) is 4.52 Å². The Hall–Kier alpha value is -4.06. The van der Waals surface area contributed by atoms with Crippen LogP contribution in [0.4, 0.5) is 5.69 Å². The molecule has 1 aliphatic rings. The van der Waals surface area contributed by atoms with Crippen LogP contribution in [0.3, 0.4) is 0 Å². The normalized spacial score (nSPS) is 13.1. The molecule has 0 N–H and O–H groups in total. The summed E-state index contributed by atoms with van der Waals surface area (Å²) in [6.45, 7) is 2.01. The second-order valence-electron chi connectivity index (χ2n) is 6.83. The van der Waals surface area contributed by atoms with Gasteiger partial charge in [0, 0.05) is 11.1 Å². The van der Waals surface area contributed by atoms with Crippen molar-refractivity contribution in [1.82, 2.24) is 10.1 Å². The Morgan fingerprint density at radius 1 is 0.793 bits per heavy atom. The van der Waals surface area contributed by atoms with E-state index >= 15 is 0 Å². The Morgan fingerprint density at radius 2 is 1.48 bits per heavy atom. The summed E-state index contributed by atoms with van der Waals surface area (Å²) in [5.41, 5.74) is 3.90. The standard InChI is InChI=1S/C23H15N3O3/c1-14-9-11-15(12-10-14)20-24-21(29-25-20)16-5-4-6-17(13-16)26-22(27)18-7-2-3-8-19(18)23(26)28/h2-13H,1H3. The van der Waals surface area contributed by atoms with Gasteiger partial charge < -0.3 is 4.52 Å². The van der Waals surface area contributed by atoms with E-state index < -0.39 is 0 Å². The number of aromatic nitrogens is 2. The third kappa shape index (κ3) is 2.82. The van der Waals surface area contributed by atoms with Crippen LogP contribution < -0.4 is 4.90 Å². The maximum Gasteiger partial charge on any atom is 0.266 e. The quantitative estimate of drug-likeness (QED) is 0.488. The summed E-state index contributed by atoms with van der Waals surface area (Å²) < 4.78 is 5.42. The number of anilines is 1. The van der Waals surface area contributed by atoms with Crippen LogP contribution in [-0.4, -0.2) is 22.0 Å². The summed E-state index contributed by atoms with van der Waals surface area (Å²) in [6, 6.07) is 21.6. The van der Waals surface area contributed by atoms with Crippen LogP contribution in [0, 0.1) is 6.92 Å². The van der Waals surface area contributed by atoms with E-state index in [0.717, 1.165) is 11.1 Å². The first-order valence-corrected chi connectivity index (χ1v) is 9.11. The molecular weight excluding hydrogens is 366 g/mol. The van der Waals surface area contributed by atoms with Gasteiger partial charge in [-0.1, -0.05) is 53.2 Å². The number of nitrogens with zero attached hydrogens (tertiary/aromatic N) is 3. The lowest BCUT2D eigenvalue weighted by atomic mass is 10.1. The number of carbonyl (C=O) groups is 2. The van der Waals surface area contributed by atoms with Gasteiger partial charge in [-0.25, -0.2) is 4.90 Å². The lowest BCUT2D eigenvalue weighted by Gasteiger charge is -2.14. The molecule has 3 aromatic carbocycles. The van der Waals surface area contributed by atoms with E-state index in [1.54, 1.807) is 48.5 Å². The summed E-state index contributed by atoms with van der Waals surface area (Å²) in [5.74, 6) is 0.118. The molecular formula is C23H15N3O3. The van der Waals surface area contributed by atoms with Crippen molar-refractivity contribution >= 4 is 17.5 Å². The zero-order chi connectivity index (χ0) is 20.0. The van der Waals surface area contributed by atoms with Gasteiger partial charge in [0.2, 0.25) is 5.82 Å². The molecule has 2 amide bonds. The van der Waals surface area contributed by atoms with Gasteiger partial charge in [0.25, 0.3) is 17.7 Å². The molecule has 2 heterocycles. The summed E-state index contributed by atoms with van der Waals surface area (Å²) >= 11 is 0. The SMILES string of the molecule is Cc1ccc(-c2noc(-c3cccc(N4C(=O)c5ccccc5C4=O)c3)n2)cc1.